The van der Waals surface area contributed by atoms with Gasteiger partial charge in [0.15, 0.2) is 5.11 Å². The molecule has 2 N–H and O–H groups in total. The summed E-state index contributed by atoms with van der Waals surface area (Å²) in [6, 6.07) is 6.22. The number of thiocarbonyl (C=S) groups is 1. The van der Waals surface area contributed by atoms with Crippen LogP contribution in [0.25, 0.3) is 0 Å². The molecule has 0 spiro atoms. The van der Waals surface area contributed by atoms with Gasteiger partial charge in [-0.1, -0.05) is 32.9 Å². The SMILES string of the molecule is Cc1cccc(NC(=S)NC(C)(C)CC(C)(C)C)c1C. The lowest BCUT2D eigenvalue weighted by atomic mass is 9.82. The van der Waals surface area contributed by atoms with Gasteiger partial charge in [-0.05, 0) is 68.9 Å². The van der Waals surface area contributed by atoms with Crippen LogP contribution in [0.2, 0.25) is 0 Å². The quantitative estimate of drug-likeness (QED) is 0.782. The summed E-state index contributed by atoms with van der Waals surface area (Å²) in [5, 5.41) is 7.43. The van der Waals surface area contributed by atoms with E-state index in [0.29, 0.717) is 5.11 Å². The van der Waals surface area contributed by atoms with Crippen LogP contribution in [0, 0.1) is 19.3 Å². The van der Waals surface area contributed by atoms with E-state index in [9.17, 15) is 0 Å². The average Bonchev–Trinajstić information content (AvgIpc) is 2.20. The Bertz CT molecular complexity index is 484. The Kier molecular flexibility index (Phi) is 5.20. The van der Waals surface area contributed by atoms with Crippen molar-refractivity contribution < 1.29 is 0 Å². The lowest BCUT2D eigenvalue weighted by Gasteiger charge is -2.34. The van der Waals surface area contributed by atoms with E-state index in [1.165, 1.54) is 11.1 Å². The molecule has 0 aliphatic carbocycles. The van der Waals surface area contributed by atoms with E-state index in [1.807, 2.05) is 6.07 Å². The van der Waals surface area contributed by atoms with Gasteiger partial charge < -0.3 is 10.6 Å². The Labute approximate surface area is 129 Å². The molecule has 0 saturated carbocycles. The minimum atomic E-state index is -0.0277. The third-order valence-corrected chi connectivity index (χ3v) is 3.48. The molecule has 0 saturated heterocycles. The normalized spacial score (nSPS) is 12.2. The highest BCUT2D eigenvalue weighted by molar-refractivity contribution is 7.80. The molecule has 0 radical (unpaired) electrons. The number of aryl methyl sites for hydroxylation is 1. The first kappa shape index (κ1) is 17.0. The second-order valence-corrected chi connectivity index (χ2v) is 7.86. The highest BCUT2D eigenvalue weighted by atomic mass is 32.1. The molecule has 0 aromatic heterocycles. The molecule has 0 unspecified atom stereocenters. The predicted molar refractivity (Wildman–Crippen MR) is 93.4 cm³/mol. The van der Waals surface area contributed by atoms with Gasteiger partial charge in [-0.2, -0.15) is 0 Å². The molecule has 2 nitrogen and oxygen atoms in total. The first-order chi connectivity index (χ1) is 9.00. The van der Waals surface area contributed by atoms with E-state index in [0.717, 1.165) is 12.1 Å². The van der Waals surface area contributed by atoms with Gasteiger partial charge in [0, 0.05) is 11.2 Å². The molecule has 0 amide bonds. The van der Waals surface area contributed by atoms with E-state index >= 15 is 0 Å². The first-order valence-corrected chi connectivity index (χ1v) is 7.56. The van der Waals surface area contributed by atoms with Crippen molar-refractivity contribution in [2.24, 2.45) is 5.41 Å². The third kappa shape index (κ3) is 5.49. The van der Waals surface area contributed by atoms with Crippen LogP contribution in [0.3, 0.4) is 0 Å². The van der Waals surface area contributed by atoms with Crippen molar-refractivity contribution in [3.63, 3.8) is 0 Å². The lowest BCUT2D eigenvalue weighted by Crippen LogP contribution is -2.47. The van der Waals surface area contributed by atoms with Gasteiger partial charge in [0.2, 0.25) is 0 Å². The zero-order chi connectivity index (χ0) is 15.6. The Morgan fingerprint density at radius 3 is 2.25 bits per heavy atom. The second kappa shape index (κ2) is 6.13. The number of hydrogen-bond acceptors (Lipinski definition) is 1. The molecule has 112 valence electrons. The zero-order valence-electron chi connectivity index (χ0n) is 13.8. The van der Waals surface area contributed by atoms with Crippen molar-refractivity contribution in [1.29, 1.82) is 0 Å². The molecular weight excluding hydrogens is 264 g/mol. The van der Waals surface area contributed by atoms with Gasteiger partial charge in [-0.15, -0.1) is 0 Å². The molecule has 1 aromatic rings. The van der Waals surface area contributed by atoms with E-state index in [2.05, 4.69) is 71.2 Å². The fourth-order valence-electron chi connectivity index (χ4n) is 2.72. The molecule has 1 rings (SSSR count). The van der Waals surface area contributed by atoms with Crippen LogP contribution in [0.4, 0.5) is 5.69 Å². The maximum Gasteiger partial charge on any atom is 0.171 e. The van der Waals surface area contributed by atoms with E-state index in [1.54, 1.807) is 0 Å². The fraction of sp³-hybridized carbons (Fsp3) is 0.588. The molecule has 0 aliphatic rings. The summed E-state index contributed by atoms with van der Waals surface area (Å²) in [7, 11) is 0. The van der Waals surface area contributed by atoms with Crippen LogP contribution in [-0.4, -0.2) is 10.7 Å². The summed E-state index contributed by atoms with van der Waals surface area (Å²) in [4.78, 5) is 0. The van der Waals surface area contributed by atoms with Crippen molar-refractivity contribution >= 4 is 23.0 Å². The summed E-state index contributed by atoms with van der Waals surface area (Å²) in [6.45, 7) is 15.3. The number of benzene rings is 1. The molecule has 0 fully saturated rings. The largest absolute Gasteiger partial charge is 0.358 e. The van der Waals surface area contributed by atoms with Crippen molar-refractivity contribution in [3.8, 4) is 0 Å². The minimum Gasteiger partial charge on any atom is -0.358 e. The second-order valence-electron chi connectivity index (χ2n) is 7.45. The standard InChI is InChI=1S/C17H28N2S/c1-12-9-8-10-14(13(12)2)18-15(20)19-17(6,7)11-16(3,4)5/h8-10H,11H2,1-7H3,(H2,18,19,20). The Balaban J connectivity index is 2.70. The molecule has 3 heteroatoms. The fourth-order valence-corrected chi connectivity index (χ4v) is 3.10. The number of nitrogens with one attached hydrogen (secondary N) is 2. The Morgan fingerprint density at radius 1 is 1.10 bits per heavy atom. The Morgan fingerprint density at radius 2 is 1.70 bits per heavy atom. The molecule has 0 bridgehead atoms. The van der Waals surface area contributed by atoms with E-state index in [-0.39, 0.29) is 11.0 Å². The summed E-state index contributed by atoms with van der Waals surface area (Å²) < 4.78 is 0. The first-order valence-electron chi connectivity index (χ1n) is 7.16. The van der Waals surface area contributed by atoms with Gasteiger partial charge >= 0.3 is 0 Å². The molecule has 0 aliphatic heterocycles. The number of anilines is 1. The van der Waals surface area contributed by atoms with Crippen molar-refractivity contribution in [2.45, 2.75) is 60.4 Å². The molecular formula is C17H28N2S. The van der Waals surface area contributed by atoms with E-state index in [4.69, 9.17) is 12.2 Å². The third-order valence-electron chi connectivity index (χ3n) is 3.28. The van der Waals surface area contributed by atoms with Gasteiger partial charge in [0.25, 0.3) is 0 Å². The average molecular weight is 292 g/mol. The minimum absolute atomic E-state index is 0.0277. The predicted octanol–water partition coefficient (Wildman–Crippen LogP) is 4.80. The molecule has 0 heterocycles. The van der Waals surface area contributed by atoms with Gasteiger partial charge in [0.05, 0.1) is 0 Å². The van der Waals surface area contributed by atoms with Gasteiger partial charge in [-0.25, -0.2) is 0 Å². The van der Waals surface area contributed by atoms with Crippen LogP contribution in [0.1, 0.15) is 52.2 Å². The molecule has 1 aromatic carbocycles. The van der Waals surface area contributed by atoms with Crippen molar-refractivity contribution in [3.05, 3.63) is 29.3 Å². The summed E-state index contributed by atoms with van der Waals surface area (Å²) in [6.07, 6.45) is 1.05. The highest BCUT2D eigenvalue weighted by Crippen LogP contribution is 2.27. The number of hydrogen-bond donors (Lipinski definition) is 2. The van der Waals surface area contributed by atoms with Crippen molar-refractivity contribution in [2.75, 3.05) is 5.32 Å². The maximum absolute atomic E-state index is 5.45. The lowest BCUT2D eigenvalue weighted by molar-refractivity contribution is 0.268. The van der Waals surface area contributed by atoms with E-state index < -0.39 is 0 Å². The summed E-state index contributed by atoms with van der Waals surface area (Å²) >= 11 is 5.45. The zero-order valence-corrected chi connectivity index (χ0v) is 14.7. The monoisotopic (exact) mass is 292 g/mol. The molecule has 20 heavy (non-hydrogen) atoms. The smallest absolute Gasteiger partial charge is 0.171 e. The van der Waals surface area contributed by atoms with Crippen LogP contribution >= 0.6 is 12.2 Å². The highest BCUT2D eigenvalue weighted by Gasteiger charge is 2.26. The summed E-state index contributed by atoms with van der Waals surface area (Å²) in [5.74, 6) is 0. The topological polar surface area (TPSA) is 24.1 Å². The Hall–Kier alpha value is -1.09. The van der Waals surface area contributed by atoms with Gasteiger partial charge in [0.1, 0.15) is 0 Å². The summed E-state index contributed by atoms with van der Waals surface area (Å²) in [5.41, 5.74) is 3.83. The van der Waals surface area contributed by atoms with Crippen LogP contribution < -0.4 is 10.6 Å². The van der Waals surface area contributed by atoms with Crippen LogP contribution in [-0.2, 0) is 0 Å². The number of rotatable bonds is 3. The molecule has 0 atom stereocenters. The van der Waals surface area contributed by atoms with Gasteiger partial charge in [-0.3, -0.25) is 0 Å². The van der Waals surface area contributed by atoms with Crippen LogP contribution in [0.15, 0.2) is 18.2 Å². The maximum atomic E-state index is 5.45. The van der Waals surface area contributed by atoms with Crippen molar-refractivity contribution in [1.82, 2.24) is 5.32 Å². The van der Waals surface area contributed by atoms with Crippen LogP contribution in [0.5, 0.6) is 0 Å².